The van der Waals surface area contributed by atoms with Crippen LogP contribution in [0, 0.1) is 0 Å². The van der Waals surface area contributed by atoms with Crippen LogP contribution in [0.15, 0.2) is 36.5 Å². The van der Waals surface area contributed by atoms with Crippen LogP contribution in [0.4, 0.5) is 22.9 Å². The van der Waals surface area contributed by atoms with Gasteiger partial charge in [0.05, 0.1) is 29.6 Å². The molecule has 5 heteroatoms. The van der Waals surface area contributed by atoms with Gasteiger partial charge in [-0.25, -0.2) is 4.98 Å². The summed E-state index contributed by atoms with van der Waals surface area (Å²) >= 11 is 0. The van der Waals surface area contributed by atoms with Crippen LogP contribution in [-0.4, -0.2) is 29.8 Å². The predicted octanol–water partition coefficient (Wildman–Crippen LogP) is 3.12. The van der Waals surface area contributed by atoms with Crippen molar-refractivity contribution in [1.82, 2.24) is 4.98 Å². The zero-order valence-corrected chi connectivity index (χ0v) is 13.2. The van der Waals surface area contributed by atoms with E-state index in [-0.39, 0.29) is 5.60 Å². The number of morpholine rings is 1. The van der Waals surface area contributed by atoms with Gasteiger partial charge in [0.25, 0.3) is 0 Å². The molecule has 0 aliphatic carbocycles. The number of fused-ring (bicyclic) bond motifs is 4. The lowest BCUT2D eigenvalue weighted by molar-refractivity contribution is 0.0169. The minimum atomic E-state index is 0.0310. The molecule has 1 aromatic carbocycles. The van der Waals surface area contributed by atoms with E-state index in [9.17, 15) is 0 Å². The Morgan fingerprint density at radius 1 is 1.30 bits per heavy atom. The molecular formula is C18H20N4O. The summed E-state index contributed by atoms with van der Waals surface area (Å²) in [4.78, 5) is 6.93. The van der Waals surface area contributed by atoms with Crippen LogP contribution < -0.4 is 15.5 Å². The van der Waals surface area contributed by atoms with Gasteiger partial charge in [-0.3, -0.25) is 0 Å². The monoisotopic (exact) mass is 308 g/mol. The molecular weight excluding hydrogens is 288 g/mol. The molecule has 2 fully saturated rings. The van der Waals surface area contributed by atoms with E-state index in [0.717, 1.165) is 43.3 Å². The van der Waals surface area contributed by atoms with Gasteiger partial charge in [0.1, 0.15) is 5.82 Å². The van der Waals surface area contributed by atoms with Crippen LogP contribution in [0.25, 0.3) is 0 Å². The highest BCUT2D eigenvalue weighted by molar-refractivity contribution is 5.80. The van der Waals surface area contributed by atoms with E-state index < -0.39 is 0 Å². The molecule has 5 rings (SSSR count). The molecule has 5 nitrogen and oxygen atoms in total. The van der Waals surface area contributed by atoms with Crippen molar-refractivity contribution < 1.29 is 4.74 Å². The number of rotatable bonds is 1. The van der Waals surface area contributed by atoms with Gasteiger partial charge >= 0.3 is 0 Å². The molecule has 1 aromatic heterocycles. The second-order valence-corrected chi connectivity index (χ2v) is 6.97. The van der Waals surface area contributed by atoms with E-state index >= 15 is 0 Å². The lowest BCUT2D eigenvalue weighted by Gasteiger charge is -2.32. The lowest BCUT2D eigenvalue weighted by atomic mass is 10.1. The summed E-state index contributed by atoms with van der Waals surface area (Å²) in [5, 5.41) is 6.98. The Kier molecular flexibility index (Phi) is 2.65. The molecule has 3 aliphatic heterocycles. The summed E-state index contributed by atoms with van der Waals surface area (Å²) < 4.78 is 5.89. The minimum absolute atomic E-state index is 0.0310. The zero-order chi connectivity index (χ0) is 15.4. The Hall–Kier alpha value is -2.27. The van der Waals surface area contributed by atoms with Crippen LogP contribution >= 0.6 is 0 Å². The highest BCUT2D eigenvalue weighted by atomic mass is 16.5. The van der Waals surface area contributed by atoms with Crippen LogP contribution in [-0.2, 0) is 11.3 Å². The number of hydrogen-bond donors (Lipinski definition) is 2. The molecule has 4 heterocycles. The molecule has 0 spiro atoms. The van der Waals surface area contributed by atoms with E-state index in [1.54, 1.807) is 0 Å². The lowest BCUT2D eigenvalue weighted by Crippen LogP contribution is -2.41. The maximum Gasteiger partial charge on any atom is 0.135 e. The summed E-state index contributed by atoms with van der Waals surface area (Å²) in [7, 11) is 0. The second kappa shape index (κ2) is 4.61. The number of hydrogen-bond acceptors (Lipinski definition) is 5. The highest BCUT2D eigenvalue weighted by Gasteiger charge is 2.47. The third-order valence-corrected chi connectivity index (χ3v) is 5.19. The summed E-state index contributed by atoms with van der Waals surface area (Å²) in [6.07, 6.45) is 2.96. The number of nitrogens with one attached hydrogen (secondary N) is 2. The minimum Gasteiger partial charge on any atom is -0.379 e. The van der Waals surface area contributed by atoms with Crippen molar-refractivity contribution in [3.05, 3.63) is 42.1 Å². The van der Waals surface area contributed by atoms with E-state index in [1.807, 2.05) is 12.3 Å². The number of ether oxygens (including phenoxy) is 1. The summed E-state index contributed by atoms with van der Waals surface area (Å²) in [6, 6.07) is 11.2. The standard InChI is InChI=1S/C18H20N4O/c1-18-8-14(10-23-18)22(11-18)13-4-5-15-16(7-13)20-9-12-3-2-6-19-17(12)21-15/h2-7,14,20H,8-11H2,1H3,(H,19,21)/t14-,18+/m1/s1. The molecule has 0 amide bonds. The topological polar surface area (TPSA) is 49.4 Å². The van der Waals surface area contributed by atoms with Gasteiger partial charge in [0, 0.05) is 37.0 Å². The van der Waals surface area contributed by atoms with Crippen molar-refractivity contribution in [1.29, 1.82) is 0 Å². The van der Waals surface area contributed by atoms with Gasteiger partial charge < -0.3 is 20.3 Å². The van der Waals surface area contributed by atoms with E-state index in [4.69, 9.17) is 4.74 Å². The van der Waals surface area contributed by atoms with Crippen LogP contribution in [0.5, 0.6) is 0 Å². The fourth-order valence-corrected chi connectivity index (χ4v) is 3.99. The summed E-state index contributed by atoms with van der Waals surface area (Å²) in [5.41, 5.74) is 4.70. The largest absolute Gasteiger partial charge is 0.379 e. The molecule has 2 saturated heterocycles. The van der Waals surface area contributed by atoms with E-state index in [1.165, 1.54) is 11.3 Å². The van der Waals surface area contributed by atoms with Crippen LogP contribution in [0.1, 0.15) is 18.9 Å². The quantitative estimate of drug-likeness (QED) is 0.848. The first kappa shape index (κ1) is 13.2. The molecule has 118 valence electrons. The van der Waals surface area contributed by atoms with Crippen LogP contribution in [0.3, 0.4) is 0 Å². The number of anilines is 4. The number of benzene rings is 1. The maximum absolute atomic E-state index is 5.89. The normalized spacial score (nSPS) is 27.7. The number of aromatic nitrogens is 1. The van der Waals surface area contributed by atoms with Crippen molar-refractivity contribution in [2.45, 2.75) is 31.5 Å². The number of nitrogens with zero attached hydrogens (tertiary/aromatic N) is 2. The molecule has 2 aromatic rings. The third kappa shape index (κ3) is 2.07. The van der Waals surface area contributed by atoms with Crippen molar-refractivity contribution >= 4 is 22.9 Å². The highest BCUT2D eigenvalue weighted by Crippen LogP contribution is 2.42. The second-order valence-electron chi connectivity index (χ2n) is 6.97. The fourth-order valence-electron chi connectivity index (χ4n) is 3.99. The molecule has 2 N–H and O–H groups in total. The van der Waals surface area contributed by atoms with Gasteiger partial charge in [-0.1, -0.05) is 6.07 Å². The summed E-state index contributed by atoms with van der Waals surface area (Å²) in [5.74, 6) is 0.938. The Morgan fingerprint density at radius 3 is 3.09 bits per heavy atom. The average Bonchev–Trinajstić information content (AvgIpc) is 3.04. The average molecular weight is 308 g/mol. The smallest absolute Gasteiger partial charge is 0.135 e. The summed E-state index contributed by atoms with van der Waals surface area (Å²) in [6.45, 7) is 4.83. The first-order chi connectivity index (χ1) is 11.2. The fraction of sp³-hybridized carbons (Fsp3) is 0.389. The Morgan fingerprint density at radius 2 is 2.26 bits per heavy atom. The zero-order valence-electron chi connectivity index (χ0n) is 13.2. The Labute approximate surface area is 135 Å². The predicted molar refractivity (Wildman–Crippen MR) is 91.4 cm³/mol. The molecule has 0 saturated carbocycles. The molecule has 0 unspecified atom stereocenters. The Bertz CT molecular complexity index is 777. The van der Waals surface area contributed by atoms with E-state index in [2.05, 4.69) is 51.7 Å². The first-order valence-electron chi connectivity index (χ1n) is 8.20. The molecule has 3 aliphatic rings. The van der Waals surface area contributed by atoms with Crippen molar-refractivity contribution in [2.75, 3.05) is 28.7 Å². The molecule has 2 atom stereocenters. The van der Waals surface area contributed by atoms with Gasteiger partial charge in [0.15, 0.2) is 0 Å². The van der Waals surface area contributed by atoms with E-state index in [0.29, 0.717) is 6.04 Å². The van der Waals surface area contributed by atoms with Crippen molar-refractivity contribution in [2.24, 2.45) is 0 Å². The third-order valence-electron chi connectivity index (χ3n) is 5.19. The maximum atomic E-state index is 5.89. The Balaban J connectivity index is 1.48. The SMILES string of the molecule is C[C@@]12C[C@H](CO1)N(c1ccc3c(c1)NCc1cccnc1N3)C2. The molecule has 23 heavy (non-hydrogen) atoms. The van der Waals surface area contributed by atoms with Gasteiger partial charge in [-0.2, -0.15) is 0 Å². The van der Waals surface area contributed by atoms with Crippen LogP contribution in [0.2, 0.25) is 0 Å². The first-order valence-corrected chi connectivity index (χ1v) is 8.20. The van der Waals surface area contributed by atoms with Gasteiger partial charge in [0.2, 0.25) is 0 Å². The van der Waals surface area contributed by atoms with Crippen molar-refractivity contribution in [3.8, 4) is 0 Å². The van der Waals surface area contributed by atoms with Gasteiger partial charge in [-0.15, -0.1) is 0 Å². The van der Waals surface area contributed by atoms with Crippen molar-refractivity contribution in [3.63, 3.8) is 0 Å². The van der Waals surface area contributed by atoms with Gasteiger partial charge in [-0.05, 0) is 31.2 Å². The molecule has 2 bridgehead atoms. The number of pyridine rings is 1. The molecule has 0 radical (unpaired) electrons.